The number of halogens is 1. The summed E-state index contributed by atoms with van der Waals surface area (Å²) in [7, 11) is 0. The van der Waals surface area contributed by atoms with Crippen molar-refractivity contribution in [3.8, 4) is 0 Å². The fraction of sp³-hybridized carbons (Fsp3) is 0.571. The lowest BCUT2D eigenvalue weighted by atomic mass is 9.96. The van der Waals surface area contributed by atoms with Crippen LogP contribution in [0.4, 0.5) is 4.79 Å². The van der Waals surface area contributed by atoms with Gasteiger partial charge >= 0.3 is 17.8 Å². The van der Waals surface area contributed by atoms with Gasteiger partial charge in [0.25, 0.3) is 0 Å². The third kappa shape index (κ3) is 3.70. The molecule has 9 heteroatoms. The molecule has 2 fully saturated rings. The van der Waals surface area contributed by atoms with Crippen LogP contribution in [-0.4, -0.2) is 58.7 Å². The van der Waals surface area contributed by atoms with Gasteiger partial charge in [-0.1, -0.05) is 6.08 Å². The van der Waals surface area contributed by atoms with Crippen LogP contribution in [0.2, 0.25) is 0 Å². The Labute approximate surface area is 140 Å². The molecule has 1 heterocycles. The molecular weight excluding hydrogens is 324 g/mol. The van der Waals surface area contributed by atoms with Crippen LogP contribution >= 0.6 is 12.4 Å². The molecule has 128 valence electrons. The lowest BCUT2D eigenvalue weighted by Crippen LogP contribution is -2.55. The molecule has 0 radical (unpaired) electrons. The van der Waals surface area contributed by atoms with Gasteiger partial charge in [0.05, 0.1) is 5.54 Å². The third-order valence-corrected chi connectivity index (χ3v) is 4.08. The first-order valence-electron chi connectivity index (χ1n) is 7.13. The van der Waals surface area contributed by atoms with Crippen LogP contribution in [0.1, 0.15) is 19.8 Å². The third-order valence-electron chi connectivity index (χ3n) is 4.08. The number of urea groups is 1. The highest BCUT2D eigenvalue weighted by molar-refractivity contribution is 6.45. The maximum atomic E-state index is 12.1. The monoisotopic (exact) mass is 344 g/mol. The van der Waals surface area contributed by atoms with Crippen LogP contribution in [0, 0.1) is 5.92 Å². The minimum Gasteiger partial charge on any atom is -0.348 e. The van der Waals surface area contributed by atoms with Crippen LogP contribution in [0.3, 0.4) is 0 Å². The number of hydrogen-bond donors (Lipinski definition) is 2. The summed E-state index contributed by atoms with van der Waals surface area (Å²) < 4.78 is 0. The van der Waals surface area contributed by atoms with Gasteiger partial charge in [0, 0.05) is 13.1 Å². The van der Waals surface area contributed by atoms with Gasteiger partial charge in [0.15, 0.2) is 0 Å². The van der Waals surface area contributed by atoms with Crippen molar-refractivity contribution < 1.29 is 19.2 Å². The van der Waals surface area contributed by atoms with Crippen molar-refractivity contribution >= 4 is 36.2 Å². The molecule has 1 aliphatic heterocycles. The summed E-state index contributed by atoms with van der Waals surface area (Å²) in [4.78, 5) is 49.0. The number of rotatable bonds is 7. The number of nitrogens with one attached hydrogen (secondary N) is 1. The summed E-state index contributed by atoms with van der Waals surface area (Å²) in [5.41, 5.74) is 5.16. The van der Waals surface area contributed by atoms with E-state index in [0.717, 1.165) is 17.7 Å². The molecule has 2 aliphatic rings. The molecule has 1 saturated heterocycles. The number of nitrogens with two attached hydrogens (primary N) is 1. The quantitative estimate of drug-likeness (QED) is 0.371. The molecule has 0 aromatic carbocycles. The van der Waals surface area contributed by atoms with E-state index < -0.39 is 35.8 Å². The number of nitrogens with zero attached hydrogens (tertiary/aromatic N) is 2. The Balaban J connectivity index is 0.00000264. The Morgan fingerprint density at radius 2 is 1.91 bits per heavy atom. The molecule has 0 aromatic rings. The minimum absolute atomic E-state index is 0. The second-order valence-electron chi connectivity index (χ2n) is 5.82. The van der Waals surface area contributed by atoms with Crippen molar-refractivity contribution in [2.24, 2.45) is 11.7 Å². The van der Waals surface area contributed by atoms with Crippen molar-refractivity contribution in [3.05, 3.63) is 12.7 Å². The van der Waals surface area contributed by atoms with Crippen LogP contribution < -0.4 is 11.1 Å². The molecule has 1 atom stereocenters. The van der Waals surface area contributed by atoms with Crippen LogP contribution in [0.25, 0.3) is 0 Å². The lowest BCUT2D eigenvalue weighted by molar-refractivity contribution is -0.144. The van der Waals surface area contributed by atoms with Crippen LogP contribution in [-0.2, 0) is 14.4 Å². The van der Waals surface area contributed by atoms with Gasteiger partial charge < -0.3 is 11.1 Å². The summed E-state index contributed by atoms with van der Waals surface area (Å²) in [5.74, 6) is -2.13. The first-order valence-corrected chi connectivity index (χ1v) is 7.13. The molecule has 1 aliphatic carbocycles. The number of carbonyl (C=O) groups is 4. The van der Waals surface area contributed by atoms with E-state index in [1.54, 1.807) is 0 Å². The normalized spacial score (nSPS) is 20.2. The first-order chi connectivity index (χ1) is 10.3. The molecule has 1 unspecified atom stereocenters. The van der Waals surface area contributed by atoms with Crippen LogP contribution in [0.5, 0.6) is 0 Å². The van der Waals surface area contributed by atoms with Gasteiger partial charge in [-0.05, 0) is 25.7 Å². The molecule has 0 bridgehead atoms. The fourth-order valence-corrected chi connectivity index (χ4v) is 2.52. The molecule has 8 nitrogen and oxygen atoms in total. The zero-order valence-electron chi connectivity index (χ0n) is 12.9. The van der Waals surface area contributed by atoms with E-state index in [1.807, 2.05) is 6.92 Å². The Kier molecular flexibility index (Phi) is 5.90. The average Bonchev–Trinajstić information content (AvgIpc) is 3.30. The Morgan fingerprint density at radius 3 is 2.39 bits per heavy atom. The SMILES string of the molecule is C=CCN1C(=O)C(=O)N(CC(=O)NC(C)(CN)C2CC2)C1=O.Cl. The zero-order chi connectivity index (χ0) is 16.5. The molecule has 0 aromatic heterocycles. The number of amides is 5. The van der Waals surface area contributed by atoms with Crippen molar-refractivity contribution in [1.29, 1.82) is 0 Å². The summed E-state index contributed by atoms with van der Waals surface area (Å²) in [6, 6.07) is -0.800. The average molecular weight is 345 g/mol. The Hall–Kier alpha value is -1.93. The van der Waals surface area contributed by atoms with E-state index in [0.29, 0.717) is 10.8 Å². The molecule has 3 N–H and O–H groups in total. The number of hydrogen-bond acceptors (Lipinski definition) is 5. The van der Waals surface area contributed by atoms with Gasteiger partial charge in [0.2, 0.25) is 5.91 Å². The smallest absolute Gasteiger partial charge is 0.335 e. The van der Waals surface area contributed by atoms with Gasteiger partial charge in [-0.15, -0.1) is 19.0 Å². The van der Waals surface area contributed by atoms with Crippen LogP contribution in [0.15, 0.2) is 12.7 Å². The molecule has 2 rings (SSSR count). The maximum absolute atomic E-state index is 12.1. The Bertz CT molecular complexity index is 549. The second kappa shape index (κ2) is 7.10. The lowest BCUT2D eigenvalue weighted by Gasteiger charge is -2.30. The van der Waals surface area contributed by atoms with Gasteiger partial charge in [-0.25, -0.2) is 9.69 Å². The van der Waals surface area contributed by atoms with Crippen molar-refractivity contribution in [2.75, 3.05) is 19.6 Å². The minimum atomic E-state index is -0.997. The van der Waals surface area contributed by atoms with E-state index >= 15 is 0 Å². The predicted molar refractivity (Wildman–Crippen MR) is 84.6 cm³/mol. The van der Waals surface area contributed by atoms with E-state index in [1.165, 1.54) is 6.08 Å². The van der Waals surface area contributed by atoms with E-state index in [4.69, 9.17) is 5.73 Å². The number of carbonyl (C=O) groups excluding carboxylic acids is 4. The van der Waals surface area contributed by atoms with Gasteiger partial charge in [-0.2, -0.15) is 0 Å². The zero-order valence-corrected chi connectivity index (χ0v) is 13.7. The molecule has 23 heavy (non-hydrogen) atoms. The Morgan fingerprint density at radius 1 is 1.35 bits per heavy atom. The molecule has 5 amide bonds. The van der Waals surface area contributed by atoms with E-state index in [9.17, 15) is 19.2 Å². The number of imide groups is 2. The molecule has 1 saturated carbocycles. The standard InChI is InChI=1S/C14H20N4O4.ClH/c1-3-6-17-11(20)12(21)18(13(17)22)7-10(19)16-14(2,8-15)9-4-5-9;/h3,9H,1,4-8,15H2,2H3,(H,16,19);1H. The largest absolute Gasteiger partial charge is 0.348 e. The van der Waals surface area contributed by atoms with Gasteiger partial charge in [0.1, 0.15) is 6.54 Å². The summed E-state index contributed by atoms with van der Waals surface area (Å²) in [6.45, 7) is 4.98. The highest BCUT2D eigenvalue weighted by atomic mass is 35.5. The topological polar surface area (TPSA) is 113 Å². The molecule has 0 spiro atoms. The maximum Gasteiger partial charge on any atom is 0.335 e. The fourth-order valence-electron chi connectivity index (χ4n) is 2.52. The summed E-state index contributed by atoms with van der Waals surface area (Å²) in [5, 5.41) is 2.77. The summed E-state index contributed by atoms with van der Waals surface area (Å²) in [6.07, 6.45) is 3.31. The van der Waals surface area contributed by atoms with E-state index in [2.05, 4.69) is 11.9 Å². The highest BCUT2D eigenvalue weighted by Crippen LogP contribution is 2.38. The van der Waals surface area contributed by atoms with Crippen molar-refractivity contribution in [1.82, 2.24) is 15.1 Å². The second-order valence-corrected chi connectivity index (χ2v) is 5.82. The van der Waals surface area contributed by atoms with Crippen molar-refractivity contribution in [3.63, 3.8) is 0 Å². The van der Waals surface area contributed by atoms with E-state index in [-0.39, 0.29) is 25.5 Å². The summed E-state index contributed by atoms with van der Waals surface area (Å²) >= 11 is 0. The molecular formula is C14H21ClN4O4. The highest BCUT2D eigenvalue weighted by Gasteiger charge is 2.46. The van der Waals surface area contributed by atoms with Gasteiger partial charge in [-0.3, -0.25) is 19.3 Å². The predicted octanol–water partition coefficient (Wildman–Crippen LogP) is -0.371. The van der Waals surface area contributed by atoms with Crippen molar-refractivity contribution in [2.45, 2.75) is 25.3 Å². The first kappa shape index (κ1) is 19.1.